The molecule has 17 heavy (non-hydrogen) atoms. The fraction of sp³-hybridized carbons (Fsp3) is 0.571. The van der Waals surface area contributed by atoms with E-state index in [4.69, 9.17) is 4.74 Å². The molecular weight excluding hydrogens is 212 g/mol. The number of methoxy groups -OCH3 is 1. The first-order chi connectivity index (χ1) is 8.31. The molecule has 0 aliphatic rings. The van der Waals surface area contributed by atoms with Gasteiger partial charge in [0.1, 0.15) is 5.75 Å². The van der Waals surface area contributed by atoms with E-state index in [1.165, 1.54) is 11.1 Å². The molecule has 0 unspecified atom stereocenters. The van der Waals surface area contributed by atoms with Gasteiger partial charge >= 0.3 is 0 Å². The third-order valence-electron chi connectivity index (χ3n) is 2.87. The molecule has 2 N–H and O–H groups in total. The highest BCUT2D eigenvalue weighted by Crippen LogP contribution is 2.20. The van der Waals surface area contributed by atoms with Gasteiger partial charge in [-0.15, -0.1) is 0 Å². The van der Waals surface area contributed by atoms with Crippen molar-refractivity contribution in [3.8, 4) is 5.75 Å². The van der Waals surface area contributed by atoms with E-state index in [1.54, 1.807) is 7.11 Å². The molecule has 0 bridgehead atoms. The standard InChI is InChI=1S/C14H24N2O/c1-4-13-11-12(5-6-14(13)17-3)7-8-16-10-9-15-2/h5-6,11,15-16H,4,7-10H2,1-3H3. The van der Waals surface area contributed by atoms with Crippen molar-refractivity contribution in [1.82, 2.24) is 10.6 Å². The zero-order valence-electron chi connectivity index (χ0n) is 11.2. The Morgan fingerprint density at radius 2 is 2.00 bits per heavy atom. The number of likely N-dealkylation sites (N-methyl/N-ethyl adjacent to an activating group) is 1. The lowest BCUT2D eigenvalue weighted by Crippen LogP contribution is -2.26. The lowest BCUT2D eigenvalue weighted by Gasteiger charge is -2.09. The Hall–Kier alpha value is -1.06. The Labute approximate surface area is 105 Å². The molecule has 0 amide bonds. The summed E-state index contributed by atoms with van der Waals surface area (Å²) in [6.07, 6.45) is 2.09. The van der Waals surface area contributed by atoms with Gasteiger partial charge in [-0.3, -0.25) is 0 Å². The van der Waals surface area contributed by atoms with Crippen LogP contribution in [0.3, 0.4) is 0 Å². The molecule has 0 heterocycles. The summed E-state index contributed by atoms with van der Waals surface area (Å²) in [5.74, 6) is 0.999. The van der Waals surface area contributed by atoms with Crippen LogP contribution in [-0.4, -0.2) is 33.8 Å². The van der Waals surface area contributed by atoms with Gasteiger partial charge in [0.15, 0.2) is 0 Å². The zero-order valence-corrected chi connectivity index (χ0v) is 11.2. The molecule has 96 valence electrons. The number of ether oxygens (including phenoxy) is 1. The van der Waals surface area contributed by atoms with E-state index in [-0.39, 0.29) is 0 Å². The molecule has 0 spiro atoms. The number of hydrogen-bond donors (Lipinski definition) is 2. The first kappa shape index (κ1) is 14.0. The summed E-state index contributed by atoms with van der Waals surface area (Å²) in [4.78, 5) is 0. The molecule has 3 heteroatoms. The van der Waals surface area contributed by atoms with E-state index in [0.29, 0.717) is 0 Å². The second-order valence-corrected chi connectivity index (χ2v) is 4.10. The predicted molar refractivity (Wildman–Crippen MR) is 72.9 cm³/mol. The lowest BCUT2D eigenvalue weighted by atomic mass is 10.1. The fourth-order valence-corrected chi connectivity index (χ4v) is 1.83. The number of nitrogens with one attached hydrogen (secondary N) is 2. The predicted octanol–water partition coefficient (Wildman–Crippen LogP) is 1.61. The van der Waals surface area contributed by atoms with Crippen molar-refractivity contribution in [3.63, 3.8) is 0 Å². The maximum Gasteiger partial charge on any atom is 0.122 e. The van der Waals surface area contributed by atoms with Crippen molar-refractivity contribution < 1.29 is 4.74 Å². The van der Waals surface area contributed by atoms with Crippen LogP contribution in [0.4, 0.5) is 0 Å². The van der Waals surface area contributed by atoms with Crippen LogP contribution in [0.2, 0.25) is 0 Å². The van der Waals surface area contributed by atoms with Crippen molar-refractivity contribution in [2.75, 3.05) is 33.8 Å². The minimum atomic E-state index is 0.999. The zero-order chi connectivity index (χ0) is 12.5. The number of aryl methyl sites for hydroxylation is 1. The summed E-state index contributed by atoms with van der Waals surface area (Å²) in [7, 11) is 3.70. The maximum absolute atomic E-state index is 5.32. The number of hydrogen-bond acceptors (Lipinski definition) is 3. The van der Waals surface area contributed by atoms with Crippen LogP contribution in [0, 0.1) is 0 Å². The summed E-state index contributed by atoms with van der Waals surface area (Å²) in [6.45, 7) is 5.22. The highest BCUT2D eigenvalue weighted by Gasteiger charge is 2.02. The first-order valence-corrected chi connectivity index (χ1v) is 6.33. The Bertz CT molecular complexity index is 326. The highest BCUT2D eigenvalue weighted by atomic mass is 16.5. The third kappa shape index (κ3) is 4.75. The second-order valence-electron chi connectivity index (χ2n) is 4.10. The first-order valence-electron chi connectivity index (χ1n) is 6.33. The normalized spacial score (nSPS) is 10.5. The van der Waals surface area contributed by atoms with Crippen LogP contribution in [0.5, 0.6) is 5.75 Å². The van der Waals surface area contributed by atoms with Gasteiger partial charge in [0.2, 0.25) is 0 Å². The largest absolute Gasteiger partial charge is 0.496 e. The van der Waals surface area contributed by atoms with Crippen molar-refractivity contribution >= 4 is 0 Å². The molecule has 3 nitrogen and oxygen atoms in total. The van der Waals surface area contributed by atoms with E-state index in [2.05, 4.69) is 35.8 Å². The molecule has 0 fully saturated rings. The van der Waals surface area contributed by atoms with Gasteiger partial charge in [0, 0.05) is 13.1 Å². The van der Waals surface area contributed by atoms with Crippen LogP contribution < -0.4 is 15.4 Å². The lowest BCUT2D eigenvalue weighted by molar-refractivity contribution is 0.410. The van der Waals surface area contributed by atoms with Crippen LogP contribution >= 0.6 is 0 Å². The van der Waals surface area contributed by atoms with Crippen LogP contribution in [0.1, 0.15) is 18.1 Å². The van der Waals surface area contributed by atoms with E-state index < -0.39 is 0 Å². The molecule has 1 aromatic rings. The molecule has 0 atom stereocenters. The van der Waals surface area contributed by atoms with Crippen LogP contribution in [0.15, 0.2) is 18.2 Å². The smallest absolute Gasteiger partial charge is 0.122 e. The van der Waals surface area contributed by atoms with Crippen molar-refractivity contribution in [2.24, 2.45) is 0 Å². The molecule has 0 aromatic heterocycles. The molecule has 0 aliphatic carbocycles. The van der Waals surface area contributed by atoms with Crippen LogP contribution in [0.25, 0.3) is 0 Å². The average Bonchev–Trinajstić information content (AvgIpc) is 2.38. The van der Waals surface area contributed by atoms with E-state index >= 15 is 0 Å². The Balaban J connectivity index is 2.43. The van der Waals surface area contributed by atoms with Gasteiger partial charge in [-0.25, -0.2) is 0 Å². The molecule has 1 aromatic carbocycles. The summed E-state index contributed by atoms with van der Waals surface area (Å²) < 4.78 is 5.32. The Kier molecular flexibility index (Phi) is 6.67. The van der Waals surface area contributed by atoms with E-state index in [9.17, 15) is 0 Å². The minimum Gasteiger partial charge on any atom is -0.496 e. The second kappa shape index (κ2) is 8.09. The van der Waals surface area contributed by atoms with E-state index in [1.807, 2.05) is 7.05 Å². The van der Waals surface area contributed by atoms with Gasteiger partial charge < -0.3 is 15.4 Å². The molecule has 1 rings (SSSR count). The quantitative estimate of drug-likeness (QED) is 0.673. The number of rotatable bonds is 8. The topological polar surface area (TPSA) is 33.3 Å². The fourth-order valence-electron chi connectivity index (χ4n) is 1.83. The Morgan fingerprint density at radius 3 is 2.65 bits per heavy atom. The summed E-state index contributed by atoms with van der Waals surface area (Å²) in [5.41, 5.74) is 2.67. The van der Waals surface area contributed by atoms with Gasteiger partial charge in [-0.2, -0.15) is 0 Å². The monoisotopic (exact) mass is 236 g/mol. The molecule has 0 aliphatic heterocycles. The summed E-state index contributed by atoms with van der Waals surface area (Å²) >= 11 is 0. The van der Waals surface area contributed by atoms with Crippen molar-refractivity contribution in [3.05, 3.63) is 29.3 Å². The van der Waals surface area contributed by atoms with Crippen LogP contribution in [-0.2, 0) is 12.8 Å². The molecule has 0 saturated carbocycles. The summed E-state index contributed by atoms with van der Waals surface area (Å²) in [6, 6.07) is 6.47. The highest BCUT2D eigenvalue weighted by molar-refractivity contribution is 5.37. The van der Waals surface area contributed by atoms with Gasteiger partial charge in [-0.05, 0) is 43.6 Å². The Morgan fingerprint density at radius 1 is 1.18 bits per heavy atom. The maximum atomic E-state index is 5.32. The SMILES string of the molecule is CCc1cc(CCNCCNC)ccc1OC. The number of benzene rings is 1. The summed E-state index contributed by atoms with van der Waals surface area (Å²) in [5, 5.41) is 6.53. The molecule has 0 saturated heterocycles. The van der Waals surface area contributed by atoms with E-state index in [0.717, 1.165) is 38.2 Å². The molecular formula is C14H24N2O. The average molecular weight is 236 g/mol. The molecule has 0 radical (unpaired) electrons. The van der Waals surface area contributed by atoms with Gasteiger partial charge in [-0.1, -0.05) is 19.1 Å². The third-order valence-corrected chi connectivity index (χ3v) is 2.87. The van der Waals surface area contributed by atoms with Crippen molar-refractivity contribution in [1.29, 1.82) is 0 Å². The minimum absolute atomic E-state index is 0.999. The van der Waals surface area contributed by atoms with Crippen molar-refractivity contribution in [2.45, 2.75) is 19.8 Å². The van der Waals surface area contributed by atoms with Gasteiger partial charge in [0.25, 0.3) is 0 Å². The van der Waals surface area contributed by atoms with Gasteiger partial charge in [0.05, 0.1) is 7.11 Å².